The molecule has 0 aromatic heterocycles. The summed E-state index contributed by atoms with van der Waals surface area (Å²) in [5, 5.41) is 8.87. The first-order chi connectivity index (χ1) is 12.5. The highest BCUT2D eigenvalue weighted by Crippen LogP contribution is 2.23. The fourth-order valence-electron chi connectivity index (χ4n) is 3.18. The van der Waals surface area contributed by atoms with Crippen LogP contribution < -0.4 is 21.7 Å². The van der Waals surface area contributed by atoms with Crippen LogP contribution in [0.3, 0.4) is 0 Å². The molecule has 1 aromatic rings. The fraction of sp³-hybridized carbons (Fsp3) is 0.526. The largest absolute Gasteiger partial charge is 0.370 e. The van der Waals surface area contributed by atoms with Gasteiger partial charge in [-0.05, 0) is 56.0 Å². The number of nitrogens with one attached hydrogen (secondary N) is 3. The van der Waals surface area contributed by atoms with E-state index in [1.165, 1.54) is 0 Å². The Bertz CT molecular complexity index is 648. The maximum absolute atomic E-state index is 12.3. The normalized spacial score (nSPS) is 17.3. The molecule has 1 saturated heterocycles. The summed E-state index contributed by atoms with van der Waals surface area (Å²) in [6, 6.07) is 6.76. The maximum Gasteiger partial charge on any atom is 0.251 e. The molecule has 1 aromatic carbocycles. The SMILES string of the molecule is CC(CC(=O)Nc1cccc(C(=O)NCCC(N)=O)c1)C1CCCNC1.Cl. The van der Waals surface area contributed by atoms with Crippen LogP contribution in [0.4, 0.5) is 5.69 Å². The second kappa shape index (κ2) is 11.6. The average molecular weight is 397 g/mol. The fourth-order valence-corrected chi connectivity index (χ4v) is 3.18. The summed E-state index contributed by atoms with van der Waals surface area (Å²) in [5.41, 5.74) is 6.07. The molecule has 0 aliphatic carbocycles. The smallest absolute Gasteiger partial charge is 0.251 e. The number of piperidine rings is 1. The first kappa shape index (κ1) is 22.9. The first-order valence-corrected chi connectivity index (χ1v) is 9.13. The van der Waals surface area contributed by atoms with Crippen LogP contribution in [0.1, 0.15) is 43.0 Å². The molecule has 0 saturated carbocycles. The number of anilines is 1. The van der Waals surface area contributed by atoms with Crippen LogP contribution in [-0.4, -0.2) is 37.4 Å². The molecule has 1 aliphatic rings. The number of hydrogen-bond donors (Lipinski definition) is 4. The predicted molar refractivity (Wildman–Crippen MR) is 108 cm³/mol. The van der Waals surface area contributed by atoms with Gasteiger partial charge in [0.15, 0.2) is 0 Å². The lowest BCUT2D eigenvalue weighted by Crippen LogP contribution is -2.34. The molecule has 0 radical (unpaired) electrons. The Balaban J connectivity index is 0.00000364. The van der Waals surface area contributed by atoms with Crippen molar-refractivity contribution >= 4 is 35.8 Å². The van der Waals surface area contributed by atoms with Crippen LogP contribution >= 0.6 is 12.4 Å². The van der Waals surface area contributed by atoms with Crippen molar-refractivity contribution in [1.29, 1.82) is 0 Å². The molecule has 5 N–H and O–H groups in total. The van der Waals surface area contributed by atoms with E-state index >= 15 is 0 Å². The van der Waals surface area contributed by atoms with E-state index in [1.807, 2.05) is 0 Å². The van der Waals surface area contributed by atoms with Crippen LogP contribution in [0.5, 0.6) is 0 Å². The van der Waals surface area contributed by atoms with Gasteiger partial charge in [0.2, 0.25) is 11.8 Å². The van der Waals surface area contributed by atoms with Gasteiger partial charge < -0.3 is 21.7 Å². The van der Waals surface area contributed by atoms with Crippen LogP contribution in [0.2, 0.25) is 0 Å². The van der Waals surface area contributed by atoms with E-state index < -0.39 is 5.91 Å². The van der Waals surface area contributed by atoms with Gasteiger partial charge in [-0.3, -0.25) is 14.4 Å². The minimum absolute atomic E-state index is 0. The lowest BCUT2D eigenvalue weighted by molar-refractivity contribution is -0.118. The standard InChI is InChI=1S/C19H28N4O3.ClH/c1-13(15-5-3-8-21-12-15)10-18(25)23-16-6-2-4-14(11-16)19(26)22-9-7-17(20)24;/h2,4,6,11,13,15,21H,3,5,7-10,12H2,1H3,(H2,20,24)(H,22,26)(H,23,25);1H. The molecule has 0 bridgehead atoms. The van der Waals surface area contributed by atoms with Gasteiger partial charge in [-0.15, -0.1) is 12.4 Å². The van der Waals surface area contributed by atoms with E-state index in [9.17, 15) is 14.4 Å². The third kappa shape index (κ3) is 7.97. The van der Waals surface area contributed by atoms with Gasteiger partial charge in [0.1, 0.15) is 0 Å². The molecular formula is C19H29ClN4O3. The summed E-state index contributed by atoms with van der Waals surface area (Å²) in [7, 11) is 0. The Hall–Kier alpha value is -2.12. The molecule has 1 fully saturated rings. The van der Waals surface area contributed by atoms with Crippen molar-refractivity contribution in [1.82, 2.24) is 10.6 Å². The molecule has 2 atom stereocenters. The number of rotatable bonds is 8. The minimum Gasteiger partial charge on any atom is -0.370 e. The Labute approximate surface area is 166 Å². The summed E-state index contributed by atoms with van der Waals surface area (Å²) in [6.45, 7) is 4.33. The molecule has 27 heavy (non-hydrogen) atoms. The number of halogens is 1. The second-order valence-electron chi connectivity index (χ2n) is 6.89. The van der Waals surface area contributed by atoms with Crippen LogP contribution in [0, 0.1) is 11.8 Å². The van der Waals surface area contributed by atoms with Crippen LogP contribution in [-0.2, 0) is 9.59 Å². The number of nitrogens with two attached hydrogens (primary N) is 1. The lowest BCUT2D eigenvalue weighted by atomic mass is 9.85. The summed E-state index contributed by atoms with van der Waals surface area (Å²) in [5.74, 6) is 0.0203. The highest BCUT2D eigenvalue weighted by Gasteiger charge is 2.22. The van der Waals surface area contributed by atoms with Crippen molar-refractivity contribution in [2.24, 2.45) is 17.6 Å². The average Bonchev–Trinajstić information content (AvgIpc) is 2.62. The number of primary amides is 1. The third-order valence-electron chi connectivity index (χ3n) is 4.71. The molecule has 1 aliphatic heterocycles. The zero-order valence-corrected chi connectivity index (χ0v) is 16.4. The highest BCUT2D eigenvalue weighted by molar-refractivity contribution is 5.97. The van der Waals surface area contributed by atoms with Crippen molar-refractivity contribution in [3.63, 3.8) is 0 Å². The van der Waals surface area contributed by atoms with Crippen molar-refractivity contribution in [3.05, 3.63) is 29.8 Å². The molecule has 7 nitrogen and oxygen atoms in total. The summed E-state index contributed by atoms with van der Waals surface area (Å²) in [4.78, 5) is 35.1. The van der Waals surface area contributed by atoms with Gasteiger partial charge in [0.05, 0.1) is 0 Å². The molecular weight excluding hydrogens is 368 g/mol. The Morgan fingerprint density at radius 1 is 1.33 bits per heavy atom. The summed E-state index contributed by atoms with van der Waals surface area (Å²) in [6.07, 6.45) is 2.86. The first-order valence-electron chi connectivity index (χ1n) is 9.13. The second-order valence-corrected chi connectivity index (χ2v) is 6.89. The lowest BCUT2D eigenvalue weighted by Gasteiger charge is -2.28. The van der Waals surface area contributed by atoms with Gasteiger partial charge in [-0.25, -0.2) is 0 Å². The molecule has 2 unspecified atom stereocenters. The van der Waals surface area contributed by atoms with E-state index in [0.29, 0.717) is 29.5 Å². The van der Waals surface area contributed by atoms with Crippen molar-refractivity contribution < 1.29 is 14.4 Å². The number of amides is 3. The van der Waals surface area contributed by atoms with Gasteiger partial charge >= 0.3 is 0 Å². The number of hydrogen-bond acceptors (Lipinski definition) is 4. The van der Waals surface area contributed by atoms with Gasteiger partial charge in [-0.2, -0.15) is 0 Å². The molecule has 0 spiro atoms. The number of carbonyl (C=O) groups is 3. The third-order valence-corrected chi connectivity index (χ3v) is 4.71. The van der Waals surface area contributed by atoms with E-state index in [4.69, 9.17) is 5.73 Å². The molecule has 3 amide bonds. The van der Waals surface area contributed by atoms with Gasteiger partial charge in [0, 0.05) is 30.6 Å². The monoisotopic (exact) mass is 396 g/mol. The Morgan fingerprint density at radius 2 is 2.11 bits per heavy atom. The zero-order chi connectivity index (χ0) is 18.9. The van der Waals surface area contributed by atoms with Crippen LogP contribution in [0.15, 0.2) is 24.3 Å². The Kier molecular flexibility index (Phi) is 9.82. The summed E-state index contributed by atoms with van der Waals surface area (Å²) < 4.78 is 0. The zero-order valence-electron chi connectivity index (χ0n) is 15.6. The van der Waals surface area contributed by atoms with Gasteiger partial charge in [-0.1, -0.05) is 13.0 Å². The quantitative estimate of drug-likeness (QED) is 0.535. The van der Waals surface area contributed by atoms with E-state index in [1.54, 1.807) is 24.3 Å². The van der Waals surface area contributed by atoms with Crippen LogP contribution in [0.25, 0.3) is 0 Å². The van der Waals surface area contributed by atoms with Gasteiger partial charge in [0.25, 0.3) is 5.91 Å². The maximum atomic E-state index is 12.3. The van der Waals surface area contributed by atoms with Crippen molar-refractivity contribution in [2.75, 3.05) is 25.0 Å². The Morgan fingerprint density at radius 3 is 2.78 bits per heavy atom. The molecule has 1 heterocycles. The van der Waals surface area contributed by atoms with Crippen molar-refractivity contribution in [2.45, 2.75) is 32.6 Å². The minimum atomic E-state index is -0.464. The number of carbonyl (C=O) groups excluding carboxylic acids is 3. The van der Waals surface area contributed by atoms with Crippen molar-refractivity contribution in [3.8, 4) is 0 Å². The number of benzene rings is 1. The van der Waals surface area contributed by atoms with E-state index in [2.05, 4.69) is 22.9 Å². The summed E-state index contributed by atoms with van der Waals surface area (Å²) >= 11 is 0. The highest BCUT2D eigenvalue weighted by atomic mass is 35.5. The molecule has 2 rings (SSSR count). The van der Waals surface area contributed by atoms with E-state index in [0.717, 1.165) is 25.9 Å². The molecule has 8 heteroatoms. The molecule has 150 valence electrons. The predicted octanol–water partition coefficient (Wildman–Crippen LogP) is 1.68. The van der Waals surface area contributed by atoms with E-state index in [-0.39, 0.29) is 37.2 Å². The topological polar surface area (TPSA) is 113 Å².